The van der Waals surface area contributed by atoms with E-state index < -0.39 is 10.0 Å². The molecule has 5 nitrogen and oxygen atoms in total. The summed E-state index contributed by atoms with van der Waals surface area (Å²) in [6, 6.07) is 3.11. The summed E-state index contributed by atoms with van der Waals surface area (Å²) in [6.07, 6.45) is 0. The number of furan rings is 1. The van der Waals surface area contributed by atoms with E-state index in [9.17, 15) is 8.42 Å². The summed E-state index contributed by atoms with van der Waals surface area (Å²) in [6.45, 7) is 6.59. The molecular formula is C10H18N2O3S. The molecule has 1 rings (SSSR count). The van der Waals surface area contributed by atoms with E-state index in [4.69, 9.17) is 4.42 Å². The Kier molecular flexibility index (Phi) is 3.77. The van der Waals surface area contributed by atoms with Gasteiger partial charge in [-0.05, 0) is 40.0 Å². The lowest BCUT2D eigenvalue weighted by Crippen LogP contribution is -2.34. The summed E-state index contributed by atoms with van der Waals surface area (Å²) in [5, 5.41) is 3.16. The molecule has 0 aliphatic carbocycles. The Morgan fingerprint density at radius 1 is 1.31 bits per heavy atom. The molecule has 0 aromatic carbocycles. The van der Waals surface area contributed by atoms with Gasteiger partial charge >= 0.3 is 0 Å². The highest BCUT2D eigenvalue weighted by Gasteiger charge is 2.17. The summed E-state index contributed by atoms with van der Waals surface area (Å²) in [5.74, 6) is 0.601. The maximum Gasteiger partial charge on any atom is 0.273 e. The molecule has 2 N–H and O–H groups in total. The van der Waals surface area contributed by atoms with Crippen molar-refractivity contribution in [3.8, 4) is 0 Å². The van der Waals surface area contributed by atoms with Crippen molar-refractivity contribution >= 4 is 10.0 Å². The number of sulfonamides is 1. The second-order valence-electron chi connectivity index (χ2n) is 4.53. The van der Waals surface area contributed by atoms with E-state index in [0.717, 1.165) is 0 Å². The van der Waals surface area contributed by atoms with Crippen molar-refractivity contribution in [2.75, 3.05) is 7.05 Å². The molecule has 92 valence electrons. The molecule has 0 bridgehead atoms. The topological polar surface area (TPSA) is 71.3 Å². The maximum absolute atomic E-state index is 11.4. The average molecular weight is 246 g/mol. The van der Waals surface area contributed by atoms with Crippen molar-refractivity contribution in [3.63, 3.8) is 0 Å². The molecule has 0 unspecified atom stereocenters. The molecule has 16 heavy (non-hydrogen) atoms. The molecule has 0 aliphatic heterocycles. The van der Waals surface area contributed by atoms with Gasteiger partial charge in [-0.25, -0.2) is 13.1 Å². The second kappa shape index (κ2) is 4.57. The lowest BCUT2D eigenvalue weighted by Gasteiger charge is -2.19. The minimum atomic E-state index is -3.48. The van der Waals surface area contributed by atoms with Crippen LogP contribution in [0.3, 0.4) is 0 Å². The smallest absolute Gasteiger partial charge is 0.273 e. The fourth-order valence-electron chi connectivity index (χ4n) is 1.05. The Labute approximate surface area is 96.3 Å². The number of hydrogen-bond donors (Lipinski definition) is 2. The Bertz CT molecular complexity index is 443. The molecule has 0 spiro atoms. The van der Waals surface area contributed by atoms with Crippen LogP contribution in [0.4, 0.5) is 0 Å². The van der Waals surface area contributed by atoms with Crippen molar-refractivity contribution in [1.29, 1.82) is 0 Å². The Morgan fingerprint density at radius 2 is 1.94 bits per heavy atom. The fraction of sp³-hybridized carbons (Fsp3) is 0.600. The SMILES string of the molecule is CNS(=O)(=O)c1ccc(CNC(C)(C)C)o1. The van der Waals surface area contributed by atoms with Gasteiger partial charge in [0.1, 0.15) is 5.76 Å². The molecule has 1 heterocycles. The van der Waals surface area contributed by atoms with Gasteiger partial charge in [0.15, 0.2) is 0 Å². The van der Waals surface area contributed by atoms with E-state index in [1.165, 1.54) is 13.1 Å². The van der Waals surface area contributed by atoms with Gasteiger partial charge in [-0.15, -0.1) is 0 Å². The summed E-state index contributed by atoms with van der Waals surface area (Å²) in [5.41, 5.74) is -0.0329. The van der Waals surface area contributed by atoms with E-state index in [2.05, 4.69) is 10.0 Å². The van der Waals surface area contributed by atoms with Gasteiger partial charge < -0.3 is 9.73 Å². The zero-order valence-corrected chi connectivity index (χ0v) is 10.8. The van der Waals surface area contributed by atoms with Crippen LogP contribution in [0.1, 0.15) is 26.5 Å². The predicted octanol–water partition coefficient (Wildman–Crippen LogP) is 1.08. The minimum Gasteiger partial charge on any atom is -0.447 e. The van der Waals surface area contributed by atoms with E-state index in [-0.39, 0.29) is 10.6 Å². The van der Waals surface area contributed by atoms with E-state index in [1.807, 2.05) is 20.8 Å². The molecule has 6 heteroatoms. The number of nitrogens with one attached hydrogen (secondary N) is 2. The van der Waals surface area contributed by atoms with Gasteiger partial charge in [0.05, 0.1) is 6.54 Å². The zero-order valence-electron chi connectivity index (χ0n) is 9.99. The minimum absolute atomic E-state index is 0.0329. The Balaban J connectivity index is 2.73. The second-order valence-corrected chi connectivity index (χ2v) is 6.35. The predicted molar refractivity (Wildman–Crippen MR) is 61.5 cm³/mol. The molecule has 0 aliphatic rings. The van der Waals surface area contributed by atoms with Crippen molar-refractivity contribution in [1.82, 2.24) is 10.0 Å². The average Bonchev–Trinajstić information content (AvgIpc) is 2.62. The van der Waals surface area contributed by atoms with E-state index in [0.29, 0.717) is 12.3 Å². The summed E-state index contributed by atoms with van der Waals surface area (Å²) in [7, 11) is -2.12. The molecular weight excluding hydrogens is 228 g/mol. The van der Waals surface area contributed by atoms with Gasteiger partial charge in [-0.3, -0.25) is 0 Å². The monoisotopic (exact) mass is 246 g/mol. The van der Waals surface area contributed by atoms with Crippen molar-refractivity contribution in [3.05, 3.63) is 17.9 Å². The van der Waals surface area contributed by atoms with Crippen LogP contribution in [0.15, 0.2) is 21.6 Å². The zero-order chi connectivity index (χ0) is 12.4. The van der Waals surface area contributed by atoms with Crippen LogP contribution in [-0.2, 0) is 16.6 Å². The third kappa shape index (κ3) is 3.62. The molecule has 0 amide bonds. The molecule has 0 fully saturated rings. The van der Waals surface area contributed by atoms with E-state index in [1.54, 1.807) is 6.07 Å². The number of hydrogen-bond acceptors (Lipinski definition) is 4. The first-order chi connectivity index (χ1) is 7.24. The third-order valence-corrected chi connectivity index (χ3v) is 3.25. The lowest BCUT2D eigenvalue weighted by atomic mass is 10.1. The third-order valence-electron chi connectivity index (χ3n) is 1.96. The summed E-state index contributed by atoms with van der Waals surface area (Å²) >= 11 is 0. The van der Waals surface area contributed by atoms with Gasteiger partial charge in [0, 0.05) is 5.54 Å². The van der Waals surface area contributed by atoms with Gasteiger partial charge in [0.25, 0.3) is 10.0 Å². The molecule has 0 saturated carbocycles. The van der Waals surface area contributed by atoms with Gasteiger partial charge in [-0.2, -0.15) is 0 Å². The summed E-state index contributed by atoms with van der Waals surface area (Å²) < 4.78 is 30.2. The van der Waals surface area contributed by atoms with Crippen LogP contribution >= 0.6 is 0 Å². The van der Waals surface area contributed by atoms with Gasteiger partial charge in [-0.1, -0.05) is 0 Å². The highest BCUT2D eigenvalue weighted by Crippen LogP contribution is 2.14. The van der Waals surface area contributed by atoms with Crippen molar-refractivity contribution in [2.45, 2.75) is 37.9 Å². The molecule has 1 aromatic heterocycles. The highest BCUT2D eigenvalue weighted by molar-refractivity contribution is 7.89. The van der Waals surface area contributed by atoms with Crippen LogP contribution in [0.2, 0.25) is 0 Å². The number of rotatable bonds is 4. The lowest BCUT2D eigenvalue weighted by molar-refractivity contribution is 0.359. The first kappa shape index (κ1) is 13.2. The first-order valence-electron chi connectivity index (χ1n) is 5.02. The first-order valence-corrected chi connectivity index (χ1v) is 6.50. The molecule has 1 aromatic rings. The normalized spacial score (nSPS) is 13.0. The molecule has 0 radical (unpaired) electrons. The molecule has 0 atom stereocenters. The van der Waals surface area contributed by atoms with Crippen molar-refractivity contribution in [2.24, 2.45) is 0 Å². The van der Waals surface area contributed by atoms with Crippen LogP contribution < -0.4 is 10.0 Å². The largest absolute Gasteiger partial charge is 0.447 e. The molecule has 0 saturated heterocycles. The quantitative estimate of drug-likeness (QED) is 0.834. The summed E-state index contributed by atoms with van der Waals surface area (Å²) in [4.78, 5) is 0. The van der Waals surface area contributed by atoms with Gasteiger partial charge in [0.2, 0.25) is 5.09 Å². The fourth-order valence-corrected chi connectivity index (χ4v) is 1.72. The van der Waals surface area contributed by atoms with Crippen LogP contribution in [0, 0.1) is 0 Å². The highest BCUT2D eigenvalue weighted by atomic mass is 32.2. The maximum atomic E-state index is 11.4. The van der Waals surface area contributed by atoms with E-state index >= 15 is 0 Å². The van der Waals surface area contributed by atoms with Crippen LogP contribution in [-0.4, -0.2) is 21.0 Å². The van der Waals surface area contributed by atoms with Crippen LogP contribution in [0.5, 0.6) is 0 Å². The standard InChI is InChI=1S/C10H18N2O3S/c1-10(2,3)12-7-8-5-6-9(15-8)16(13,14)11-4/h5-6,11-12H,7H2,1-4H3. The Hall–Kier alpha value is -0.850. The van der Waals surface area contributed by atoms with Crippen LogP contribution in [0.25, 0.3) is 0 Å². The Morgan fingerprint density at radius 3 is 2.44 bits per heavy atom. The van der Waals surface area contributed by atoms with Crippen molar-refractivity contribution < 1.29 is 12.8 Å².